The lowest BCUT2D eigenvalue weighted by molar-refractivity contribution is -0.129. The van der Waals surface area contributed by atoms with E-state index >= 15 is 0 Å². The summed E-state index contributed by atoms with van der Waals surface area (Å²) in [7, 11) is 0. The van der Waals surface area contributed by atoms with Crippen molar-refractivity contribution in [1.82, 2.24) is 20.8 Å². The van der Waals surface area contributed by atoms with Gasteiger partial charge in [-0.25, -0.2) is 4.98 Å². The monoisotopic (exact) mass is 380 g/mol. The normalized spacial score (nSPS) is 10.7. The van der Waals surface area contributed by atoms with Gasteiger partial charge >= 0.3 is 0 Å². The number of ether oxygens (including phenoxy) is 1. The Morgan fingerprint density at radius 2 is 2.00 bits per heavy atom. The number of nitrogens with zero attached hydrogens (tertiary/aromatic N) is 2. The van der Waals surface area contributed by atoms with E-state index in [-0.39, 0.29) is 18.4 Å². The van der Waals surface area contributed by atoms with Crippen molar-refractivity contribution in [3.8, 4) is 5.88 Å². The third-order valence-electron chi connectivity index (χ3n) is 2.87. The van der Waals surface area contributed by atoms with Crippen molar-refractivity contribution < 1.29 is 14.3 Å². The van der Waals surface area contributed by atoms with Crippen molar-refractivity contribution in [2.75, 3.05) is 6.61 Å². The Bertz CT molecular complexity index is 749. The van der Waals surface area contributed by atoms with Gasteiger partial charge < -0.3 is 4.74 Å². The van der Waals surface area contributed by atoms with Gasteiger partial charge in [0.25, 0.3) is 5.91 Å². The van der Waals surface area contributed by atoms with Gasteiger partial charge in [-0.15, -0.1) is 0 Å². The van der Waals surface area contributed by atoms with Gasteiger partial charge in [0.15, 0.2) is 6.61 Å². The summed E-state index contributed by atoms with van der Waals surface area (Å²) in [6.45, 7) is 4.99. The van der Waals surface area contributed by atoms with Gasteiger partial charge in [0.2, 0.25) is 11.8 Å². The van der Waals surface area contributed by atoms with Gasteiger partial charge in [0.05, 0.1) is 10.9 Å². The van der Waals surface area contributed by atoms with Crippen molar-refractivity contribution in [3.63, 3.8) is 0 Å². The molecule has 0 saturated carbocycles. The number of carbonyl (C=O) groups is 2. The molecule has 0 radical (unpaired) electrons. The molecule has 0 aliphatic heterocycles. The summed E-state index contributed by atoms with van der Waals surface area (Å²) in [6.07, 6.45) is 0. The average Bonchev–Trinajstić information content (AvgIpc) is 2.50. The second-order valence-corrected chi connectivity index (χ2v) is 6.14. The molecule has 0 aliphatic rings. The molecule has 1 aromatic heterocycles. The Kier molecular flexibility index (Phi) is 5.49. The fourth-order valence-electron chi connectivity index (χ4n) is 1.79. The van der Waals surface area contributed by atoms with Gasteiger partial charge in [0.1, 0.15) is 5.82 Å². The highest BCUT2D eigenvalue weighted by Gasteiger charge is 2.13. The zero-order valence-corrected chi connectivity index (χ0v) is 14.6. The molecule has 0 aliphatic carbocycles. The highest BCUT2D eigenvalue weighted by Crippen LogP contribution is 2.27. The minimum atomic E-state index is -0.479. The molecule has 7 nitrogen and oxygen atoms in total. The summed E-state index contributed by atoms with van der Waals surface area (Å²) in [5, 5.41) is 0.705. The summed E-state index contributed by atoms with van der Waals surface area (Å²) in [6, 6.07) is 5.57. The molecule has 0 spiro atoms. The van der Waals surface area contributed by atoms with Crippen LogP contribution in [-0.2, 0) is 9.59 Å². The van der Waals surface area contributed by atoms with Gasteiger partial charge in [-0.3, -0.25) is 20.4 Å². The Balaban J connectivity index is 2.25. The van der Waals surface area contributed by atoms with Gasteiger partial charge in [0, 0.05) is 17.3 Å². The molecule has 2 rings (SSSR count). The Labute approximate surface area is 141 Å². The number of nitrogens with one attached hydrogen (secondary N) is 2. The maximum atomic E-state index is 11.6. The van der Waals surface area contributed by atoms with Gasteiger partial charge in [-0.2, -0.15) is 4.98 Å². The lowest BCUT2D eigenvalue weighted by Crippen LogP contribution is -2.42. The summed E-state index contributed by atoms with van der Waals surface area (Å²) in [5.74, 6) is 0.249. The summed E-state index contributed by atoms with van der Waals surface area (Å²) in [4.78, 5) is 31.3. The van der Waals surface area contributed by atoms with Crippen molar-refractivity contribution in [3.05, 3.63) is 28.5 Å². The molecule has 1 heterocycles. The van der Waals surface area contributed by atoms with Crippen molar-refractivity contribution in [2.45, 2.75) is 26.7 Å². The number of hydrogen-bond donors (Lipinski definition) is 2. The SMILES string of the molecule is CC(=O)NNC(=O)COc1nc(C(C)C)nc2ccc(Br)cc12. The summed E-state index contributed by atoms with van der Waals surface area (Å²) < 4.78 is 6.38. The van der Waals surface area contributed by atoms with Crippen LogP contribution in [0, 0.1) is 0 Å². The Hall–Kier alpha value is -2.22. The van der Waals surface area contributed by atoms with E-state index in [2.05, 4.69) is 36.7 Å². The minimum Gasteiger partial charge on any atom is -0.467 e. The van der Waals surface area contributed by atoms with Gasteiger partial charge in [-0.1, -0.05) is 29.8 Å². The molecule has 8 heteroatoms. The standard InChI is InChI=1S/C15H17BrN4O3/c1-8(2)14-17-12-5-4-10(16)6-11(12)15(18-14)23-7-13(22)20-19-9(3)21/h4-6,8H,7H2,1-3H3,(H,19,21)(H,20,22). The highest BCUT2D eigenvalue weighted by atomic mass is 79.9. The van der Waals surface area contributed by atoms with Crippen molar-refractivity contribution in [2.24, 2.45) is 0 Å². The van der Waals surface area contributed by atoms with Crippen LogP contribution in [0.2, 0.25) is 0 Å². The molecule has 0 saturated heterocycles. The van der Waals surface area contributed by atoms with Gasteiger partial charge in [-0.05, 0) is 18.2 Å². The van der Waals surface area contributed by atoms with Crippen LogP contribution in [0.25, 0.3) is 10.9 Å². The van der Waals surface area contributed by atoms with Crippen LogP contribution in [0.1, 0.15) is 32.5 Å². The molecule has 122 valence electrons. The van der Waals surface area contributed by atoms with E-state index < -0.39 is 5.91 Å². The predicted molar refractivity (Wildman–Crippen MR) is 88.8 cm³/mol. The van der Waals surface area contributed by atoms with E-state index in [9.17, 15) is 9.59 Å². The second kappa shape index (κ2) is 7.36. The van der Waals surface area contributed by atoms with E-state index in [1.54, 1.807) is 0 Å². The third kappa shape index (κ3) is 4.62. The quantitative estimate of drug-likeness (QED) is 0.791. The maximum Gasteiger partial charge on any atom is 0.276 e. The largest absolute Gasteiger partial charge is 0.467 e. The Morgan fingerprint density at radius 1 is 1.26 bits per heavy atom. The number of aromatic nitrogens is 2. The second-order valence-electron chi connectivity index (χ2n) is 5.22. The van der Waals surface area contributed by atoms with Crippen molar-refractivity contribution >= 4 is 38.6 Å². The molecular formula is C15H17BrN4O3. The smallest absolute Gasteiger partial charge is 0.276 e. The van der Waals surface area contributed by atoms with E-state index in [4.69, 9.17) is 4.74 Å². The molecule has 1 aromatic carbocycles. The van der Waals surface area contributed by atoms with Crippen LogP contribution >= 0.6 is 15.9 Å². The predicted octanol–water partition coefficient (Wildman–Crippen LogP) is 2.06. The van der Waals surface area contributed by atoms with E-state index in [0.29, 0.717) is 17.1 Å². The summed E-state index contributed by atoms with van der Waals surface area (Å²) >= 11 is 3.40. The number of fused-ring (bicyclic) bond motifs is 1. The zero-order valence-electron chi connectivity index (χ0n) is 13.0. The molecule has 2 aromatic rings. The summed E-state index contributed by atoms with van der Waals surface area (Å²) in [5.41, 5.74) is 5.17. The number of carbonyl (C=O) groups excluding carboxylic acids is 2. The van der Waals surface area contributed by atoms with Crippen LogP contribution in [0.5, 0.6) is 5.88 Å². The molecule has 0 bridgehead atoms. The number of hydrogen-bond acceptors (Lipinski definition) is 5. The molecule has 2 N–H and O–H groups in total. The molecule has 0 unspecified atom stereocenters. The number of hydrazine groups is 1. The number of benzene rings is 1. The van der Waals surface area contributed by atoms with E-state index in [0.717, 1.165) is 9.99 Å². The van der Waals surface area contributed by atoms with E-state index in [1.807, 2.05) is 32.0 Å². The first kappa shape index (κ1) is 17.1. The number of amides is 2. The average molecular weight is 381 g/mol. The van der Waals surface area contributed by atoms with Crippen LogP contribution in [0.15, 0.2) is 22.7 Å². The topological polar surface area (TPSA) is 93.2 Å². The maximum absolute atomic E-state index is 11.6. The van der Waals surface area contributed by atoms with Crippen molar-refractivity contribution in [1.29, 1.82) is 0 Å². The number of halogens is 1. The van der Waals surface area contributed by atoms with Crippen LogP contribution in [0.3, 0.4) is 0 Å². The molecular weight excluding hydrogens is 364 g/mol. The molecule has 2 amide bonds. The fraction of sp³-hybridized carbons (Fsp3) is 0.333. The highest BCUT2D eigenvalue weighted by molar-refractivity contribution is 9.10. The first-order chi connectivity index (χ1) is 10.9. The van der Waals surface area contributed by atoms with Crippen LogP contribution in [0.4, 0.5) is 0 Å². The zero-order chi connectivity index (χ0) is 17.0. The first-order valence-electron chi connectivity index (χ1n) is 7.02. The van der Waals surface area contributed by atoms with Crippen LogP contribution in [-0.4, -0.2) is 28.4 Å². The minimum absolute atomic E-state index is 0.124. The fourth-order valence-corrected chi connectivity index (χ4v) is 2.15. The molecule has 0 fully saturated rings. The van der Waals surface area contributed by atoms with Crippen LogP contribution < -0.4 is 15.6 Å². The molecule has 23 heavy (non-hydrogen) atoms. The third-order valence-corrected chi connectivity index (χ3v) is 3.37. The lowest BCUT2D eigenvalue weighted by atomic mass is 10.2. The lowest BCUT2D eigenvalue weighted by Gasteiger charge is -2.12. The first-order valence-corrected chi connectivity index (χ1v) is 7.81. The number of rotatable bonds is 4. The van der Waals surface area contributed by atoms with E-state index in [1.165, 1.54) is 6.92 Å². The Morgan fingerprint density at radius 3 is 2.65 bits per heavy atom. The molecule has 0 atom stereocenters.